The van der Waals surface area contributed by atoms with Crippen LogP contribution in [0.1, 0.15) is 28.1 Å². The van der Waals surface area contributed by atoms with Crippen molar-refractivity contribution in [2.45, 2.75) is 30.6 Å². The van der Waals surface area contributed by atoms with Crippen molar-refractivity contribution in [2.75, 3.05) is 6.26 Å². The lowest BCUT2D eigenvalue weighted by Gasteiger charge is -2.22. The fourth-order valence-electron chi connectivity index (χ4n) is 2.92. The molecule has 2 heterocycles. The van der Waals surface area contributed by atoms with E-state index in [2.05, 4.69) is 16.4 Å². The van der Waals surface area contributed by atoms with Gasteiger partial charge in [-0.05, 0) is 48.7 Å². The molecule has 1 fully saturated rings. The molecule has 1 aromatic carbocycles. The lowest BCUT2D eigenvalue weighted by molar-refractivity contribution is 0.0731. The van der Waals surface area contributed by atoms with Gasteiger partial charge in [-0.15, -0.1) is 11.3 Å². The summed E-state index contributed by atoms with van der Waals surface area (Å²) in [5.74, 6) is 0.114. The molecule has 0 bridgehead atoms. The predicted molar refractivity (Wildman–Crippen MR) is 103 cm³/mol. The van der Waals surface area contributed by atoms with Crippen molar-refractivity contribution in [3.05, 3.63) is 64.6 Å². The third-order valence-electron chi connectivity index (χ3n) is 4.32. The number of carbonyl (C=O) groups excluding carboxylic acids is 1. The first-order chi connectivity index (χ1) is 12.3. The molecule has 25 heavy (non-hydrogen) atoms. The van der Waals surface area contributed by atoms with E-state index < -0.39 is 0 Å². The van der Waals surface area contributed by atoms with Crippen molar-refractivity contribution in [3.8, 4) is 5.69 Å². The average Bonchev–Trinajstić information content (AvgIpc) is 3.16. The van der Waals surface area contributed by atoms with Crippen LogP contribution in [0.2, 0.25) is 0 Å². The van der Waals surface area contributed by atoms with Gasteiger partial charge in [-0.1, -0.05) is 23.9 Å². The maximum absolute atomic E-state index is 13.1. The topological polar surface area (TPSA) is 38.1 Å². The van der Waals surface area contributed by atoms with Gasteiger partial charge in [0, 0.05) is 34.6 Å². The Balaban J connectivity index is 1.62. The Morgan fingerprint density at radius 3 is 2.96 bits per heavy atom. The Bertz CT molecular complexity index is 868. The first-order valence-electron chi connectivity index (χ1n) is 8.27. The van der Waals surface area contributed by atoms with Crippen molar-refractivity contribution in [3.63, 3.8) is 0 Å². The number of nitrogens with zero attached hydrogens (tertiary/aromatic N) is 3. The Labute approximate surface area is 155 Å². The van der Waals surface area contributed by atoms with E-state index in [9.17, 15) is 4.79 Å². The van der Waals surface area contributed by atoms with Gasteiger partial charge in [0.1, 0.15) is 0 Å². The van der Waals surface area contributed by atoms with Gasteiger partial charge >= 0.3 is 0 Å². The second-order valence-corrected chi connectivity index (χ2v) is 7.88. The number of amides is 1. The molecule has 0 radical (unpaired) electrons. The number of thioether (sulfide) groups is 1. The van der Waals surface area contributed by atoms with Crippen LogP contribution in [0.15, 0.2) is 59.3 Å². The van der Waals surface area contributed by atoms with Crippen LogP contribution in [-0.4, -0.2) is 32.7 Å². The average molecular weight is 370 g/mol. The summed E-state index contributed by atoms with van der Waals surface area (Å²) >= 11 is 3.30. The van der Waals surface area contributed by atoms with E-state index in [0.717, 1.165) is 29.2 Å². The Morgan fingerprint density at radius 1 is 1.36 bits per heavy atom. The molecule has 0 spiro atoms. The number of carbonyl (C=O) groups is 1. The van der Waals surface area contributed by atoms with Crippen molar-refractivity contribution >= 4 is 29.0 Å². The molecule has 1 amide bonds. The van der Waals surface area contributed by atoms with Crippen LogP contribution in [0.3, 0.4) is 0 Å². The normalized spacial score (nSPS) is 13.8. The molecule has 128 valence electrons. The smallest absolute Gasteiger partial charge is 0.254 e. The van der Waals surface area contributed by atoms with E-state index in [1.165, 1.54) is 4.88 Å². The van der Waals surface area contributed by atoms with Gasteiger partial charge < -0.3 is 4.90 Å². The highest BCUT2D eigenvalue weighted by Crippen LogP contribution is 2.31. The van der Waals surface area contributed by atoms with Crippen LogP contribution in [0.4, 0.5) is 0 Å². The van der Waals surface area contributed by atoms with Crippen LogP contribution in [0.25, 0.3) is 5.69 Å². The van der Waals surface area contributed by atoms with Crippen molar-refractivity contribution in [1.29, 1.82) is 0 Å². The highest BCUT2D eigenvalue weighted by Gasteiger charge is 2.33. The van der Waals surface area contributed by atoms with Crippen LogP contribution in [-0.2, 0) is 6.54 Å². The van der Waals surface area contributed by atoms with Crippen molar-refractivity contribution < 1.29 is 4.79 Å². The zero-order valence-corrected chi connectivity index (χ0v) is 15.6. The highest BCUT2D eigenvalue weighted by molar-refractivity contribution is 7.98. The van der Waals surface area contributed by atoms with Crippen LogP contribution < -0.4 is 0 Å². The van der Waals surface area contributed by atoms with Gasteiger partial charge in [-0.2, -0.15) is 0 Å². The molecule has 0 unspecified atom stereocenters. The Morgan fingerprint density at radius 2 is 2.24 bits per heavy atom. The largest absolute Gasteiger partial charge is 0.331 e. The Kier molecular flexibility index (Phi) is 4.63. The van der Waals surface area contributed by atoms with Crippen LogP contribution in [0.5, 0.6) is 0 Å². The third-order valence-corrected chi connectivity index (χ3v) is 5.84. The van der Waals surface area contributed by atoms with E-state index in [1.807, 2.05) is 52.3 Å². The standard InChI is InChI=1S/C19H19N3OS2/c1-24-19-20-9-10-21(19)16-5-2-4-14(12-16)18(23)22(15-7-8-15)13-17-6-3-11-25-17/h2-6,9-12,15H,7-8,13H2,1H3. The SMILES string of the molecule is CSc1nccn1-c1cccc(C(=O)N(Cc2cccs2)C2CC2)c1. The fraction of sp³-hybridized carbons (Fsp3) is 0.263. The summed E-state index contributed by atoms with van der Waals surface area (Å²) in [5, 5.41) is 2.98. The number of hydrogen-bond donors (Lipinski definition) is 0. The number of imidazole rings is 1. The molecular weight excluding hydrogens is 350 g/mol. The van der Waals surface area contributed by atoms with Gasteiger partial charge in [0.15, 0.2) is 5.16 Å². The van der Waals surface area contributed by atoms with Crippen molar-refractivity contribution in [2.24, 2.45) is 0 Å². The zero-order valence-electron chi connectivity index (χ0n) is 14.0. The molecular formula is C19H19N3OS2. The second-order valence-electron chi connectivity index (χ2n) is 6.08. The minimum absolute atomic E-state index is 0.114. The third kappa shape index (κ3) is 3.50. The van der Waals surface area contributed by atoms with E-state index in [4.69, 9.17) is 0 Å². The molecule has 0 atom stereocenters. The van der Waals surface area contributed by atoms with Gasteiger partial charge in [-0.3, -0.25) is 9.36 Å². The molecule has 1 aliphatic rings. The fourth-order valence-corrected chi connectivity index (χ4v) is 4.15. The summed E-state index contributed by atoms with van der Waals surface area (Å²) in [4.78, 5) is 20.7. The summed E-state index contributed by atoms with van der Waals surface area (Å²) in [6, 6.07) is 12.4. The highest BCUT2D eigenvalue weighted by atomic mass is 32.2. The summed E-state index contributed by atoms with van der Waals surface area (Å²) in [7, 11) is 0. The molecule has 1 saturated carbocycles. The quantitative estimate of drug-likeness (QED) is 0.602. The van der Waals surface area contributed by atoms with E-state index in [0.29, 0.717) is 12.6 Å². The summed E-state index contributed by atoms with van der Waals surface area (Å²) < 4.78 is 2.02. The lowest BCUT2D eigenvalue weighted by atomic mass is 10.1. The van der Waals surface area contributed by atoms with Gasteiger partial charge in [0.05, 0.1) is 6.54 Å². The van der Waals surface area contributed by atoms with Crippen molar-refractivity contribution in [1.82, 2.24) is 14.5 Å². The van der Waals surface area contributed by atoms with Crippen LogP contribution in [0, 0.1) is 0 Å². The first kappa shape index (κ1) is 16.4. The molecule has 4 nitrogen and oxygen atoms in total. The molecule has 2 aromatic heterocycles. The zero-order chi connectivity index (χ0) is 17.2. The van der Waals surface area contributed by atoms with E-state index in [-0.39, 0.29) is 5.91 Å². The monoisotopic (exact) mass is 369 g/mol. The molecule has 4 rings (SSSR count). The lowest BCUT2D eigenvalue weighted by Crippen LogP contribution is -2.32. The summed E-state index contributed by atoms with van der Waals surface area (Å²) in [5.41, 5.74) is 1.71. The van der Waals surface area contributed by atoms with E-state index in [1.54, 1.807) is 29.3 Å². The summed E-state index contributed by atoms with van der Waals surface area (Å²) in [6.45, 7) is 0.701. The maximum atomic E-state index is 13.1. The molecule has 3 aromatic rings. The van der Waals surface area contributed by atoms with Gasteiger partial charge in [0.2, 0.25) is 0 Å². The van der Waals surface area contributed by atoms with E-state index >= 15 is 0 Å². The molecule has 6 heteroatoms. The maximum Gasteiger partial charge on any atom is 0.254 e. The number of aromatic nitrogens is 2. The number of hydrogen-bond acceptors (Lipinski definition) is 4. The number of rotatable bonds is 6. The number of thiophene rings is 1. The minimum atomic E-state index is 0.114. The predicted octanol–water partition coefficient (Wildman–Crippen LogP) is 4.46. The second kappa shape index (κ2) is 7.06. The molecule has 0 N–H and O–H groups in total. The Hall–Kier alpha value is -2.05. The summed E-state index contributed by atoms with van der Waals surface area (Å²) in [6.07, 6.45) is 7.93. The number of benzene rings is 1. The van der Waals surface area contributed by atoms with Gasteiger partial charge in [-0.25, -0.2) is 4.98 Å². The molecule has 0 aliphatic heterocycles. The van der Waals surface area contributed by atoms with Crippen LogP contribution >= 0.6 is 23.1 Å². The first-order valence-corrected chi connectivity index (χ1v) is 10.4. The molecule has 0 saturated heterocycles. The van der Waals surface area contributed by atoms with Gasteiger partial charge in [0.25, 0.3) is 5.91 Å². The minimum Gasteiger partial charge on any atom is -0.331 e. The molecule has 1 aliphatic carbocycles.